The smallest absolute Gasteiger partial charge is 0.545 e. The maximum atomic E-state index is 10.3. The molecule has 0 spiro atoms. The molecule has 0 aromatic heterocycles. The summed E-state index contributed by atoms with van der Waals surface area (Å²) in [6, 6.07) is 0. The Bertz CT molecular complexity index is 362. The number of hydrogen-bond acceptors (Lipinski definition) is 8. The quantitative estimate of drug-likeness (QED) is 0.299. The number of carboxylic acid groups (broad SMARTS) is 2. The number of carboxylic acids is 2. The monoisotopic (exact) mass is 342 g/mol. The third-order valence-corrected chi connectivity index (χ3v) is 1.28. The summed E-state index contributed by atoms with van der Waals surface area (Å²) in [7, 11) is 0. The molecule has 0 aliphatic heterocycles. The fraction of sp³-hybridized carbons (Fsp3) is 0.333. The summed E-state index contributed by atoms with van der Waals surface area (Å²) in [5.41, 5.74) is 0. The fourth-order valence-electron chi connectivity index (χ4n) is 0.653. The van der Waals surface area contributed by atoms with Crippen molar-refractivity contribution in [2.75, 3.05) is 13.2 Å². The molecule has 21 heavy (non-hydrogen) atoms. The second-order valence-corrected chi connectivity index (χ2v) is 2.81. The first-order chi connectivity index (χ1) is 9.33. The van der Waals surface area contributed by atoms with Gasteiger partial charge in [-0.3, -0.25) is 0 Å². The summed E-state index contributed by atoms with van der Waals surface area (Å²) >= 11 is 0. The van der Waals surface area contributed by atoms with E-state index in [-0.39, 0.29) is 30.3 Å². The van der Waals surface area contributed by atoms with Gasteiger partial charge in [-0.25, -0.2) is 9.59 Å². The van der Waals surface area contributed by atoms with Crippen molar-refractivity contribution in [2.24, 2.45) is 0 Å². The Morgan fingerprint density at radius 1 is 0.762 bits per heavy atom. The molecule has 0 aliphatic rings. The maximum Gasteiger partial charge on any atom is 2.00 e. The maximum absolute atomic E-state index is 10.3. The minimum Gasteiger partial charge on any atom is -0.545 e. The van der Waals surface area contributed by atoms with Crippen LogP contribution in [0, 0.1) is 0 Å². The van der Waals surface area contributed by atoms with Crippen LogP contribution >= 0.6 is 0 Å². The predicted octanol–water partition coefficient (Wildman–Crippen LogP) is -2.29. The van der Waals surface area contributed by atoms with Gasteiger partial charge in [0.25, 0.3) is 0 Å². The Balaban J connectivity index is -0.000000295. The first kappa shape index (κ1) is 23.9. The van der Waals surface area contributed by atoms with Crippen LogP contribution in [0.25, 0.3) is 0 Å². The van der Waals surface area contributed by atoms with Gasteiger partial charge in [0.15, 0.2) is 0 Å². The third-order valence-electron chi connectivity index (χ3n) is 1.28. The van der Waals surface area contributed by atoms with Crippen LogP contribution < -0.4 is 10.2 Å². The van der Waals surface area contributed by atoms with Gasteiger partial charge in [-0.05, 0) is 26.0 Å². The van der Waals surface area contributed by atoms with Crippen LogP contribution in [0.5, 0.6) is 0 Å². The van der Waals surface area contributed by atoms with Crippen molar-refractivity contribution in [2.45, 2.75) is 13.8 Å². The summed E-state index contributed by atoms with van der Waals surface area (Å²) in [6.45, 7) is 3.72. The van der Waals surface area contributed by atoms with Crippen molar-refractivity contribution in [1.82, 2.24) is 0 Å². The SMILES string of the molecule is CCOC(=O)/C=C/C(=O)[O-].CCOC(=O)/C=C/C(=O)[O-].[Fe+2]. The molecule has 0 rings (SSSR count). The average molecular weight is 342 g/mol. The van der Waals surface area contributed by atoms with Gasteiger partial charge in [-0.2, -0.15) is 0 Å². The second kappa shape index (κ2) is 15.9. The Kier molecular flexibility index (Phi) is 18.2. The molecular formula is C12H14FeO8. The first-order valence-electron chi connectivity index (χ1n) is 5.45. The van der Waals surface area contributed by atoms with Gasteiger partial charge in [0, 0.05) is 12.2 Å². The van der Waals surface area contributed by atoms with Crippen LogP contribution in [0.3, 0.4) is 0 Å². The molecule has 8 nitrogen and oxygen atoms in total. The molecule has 0 saturated carbocycles. The zero-order valence-electron chi connectivity index (χ0n) is 11.3. The number of ether oxygens (including phenoxy) is 2. The van der Waals surface area contributed by atoms with Crippen molar-refractivity contribution in [3.63, 3.8) is 0 Å². The van der Waals surface area contributed by atoms with Gasteiger partial charge in [0.05, 0.1) is 25.2 Å². The van der Waals surface area contributed by atoms with Crippen LogP contribution in [0.15, 0.2) is 24.3 Å². The summed E-state index contributed by atoms with van der Waals surface area (Å²) < 4.78 is 8.75. The molecule has 0 aromatic carbocycles. The molecule has 0 heterocycles. The van der Waals surface area contributed by atoms with E-state index in [1.807, 2.05) is 0 Å². The van der Waals surface area contributed by atoms with Gasteiger partial charge in [0.1, 0.15) is 0 Å². The molecule has 9 heteroatoms. The second-order valence-electron chi connectivity index (χ2n) is 2.81. The van der Waals surface area contributed by atoms with Gasteiger partial charge in [-0.1, -0.05) is 0 Å². The zero-order valence-corrected chi connectivity index (χ0v) is 12.4. The van der Waals surface area contributed by atoms with Gasteiger partial charge in [0.2, 0.25) is 0 Å². The van der Waals surface area contributed by atoms with Crippen LogP contribution in [0.2, 0.25) is 0 Å². The number of carbonyl (C=O) groups excluding carboxylic acids is 4. The molecular weight excluding hydrogens is 328 g/mol. The van der Waals surface area contributed by atoms with E-state index in [4.69, 9.17) is 0 Å². The number of carbonyl (C=O) groups is 4. The molecule has 0 aromatic rings. The van der Waals surface area contributed by atoms with Crippen LogP contribution in [-0.2, 0) is 45.7 Å². The van der Waals surface area contributed by atoms with E-state index >= 15 is 0 Å². The molecule has 0 N–H and O–H groups in total. The van der Waals surface area contributed by atoms with E-state index < -0.39 is 23.9 Å². The van der Waals surface area contributed by atoms with E-state index in [9.17, 15) is 29.4 Å². The number of hydrogen-bond donors (Lipinski definition) is 0. The molecule has 0 aliphatic carbocycles. The summed E-state index contributed by atoms with van der Waals surface area (Å²) in [6.07, 6.45) is 2.85. The molecule has 0 saturated heterocycles. The Hall–Kier alpha value is -2.12. The normalized spacial score (nSPS) is 9.24. The van der Waals surface area contributed by atoms with Gasteiger partial charge >= 0.3 is 29.0 Å². The topological polar surface area (TPSA) is 133 Å². The first-order valence-corrected chi connectivity index (χ1v) is 5.45. The molecule has 0 atom stereocenters. The summed E-state index contributed by atoms with van der Waals surface area (Å²) in [4.78, 5) is 40.1. The average Bonchev–Trinajstić information content (AvgIpc) is 2.35. The minimum absolute atomic E-state index is 0. The van der Waals surface area contributed by atoms with Crippen molar-refractivity contribution in [1.29, 1.82) is 0 Å². The Morgan fingerprint density at radius 3 is 1.24 bits per heavy atom. The van der Waals surface area contributed by atoms with Crippen LogP contribution in [0.1, 0.15) is 13.8 Å². The molecule has 118 valence electrons. The van der Waals surface area contributed by atoms with E-state index in [2.05, 4.69) is 9.47 Å². The standard InChI is InChI=1S/2C6H8O4.Fe/c2*1-2-10-6(9)4-3-5(7)8;/h2*3-4H,2H2,1H3,(H,7,8);/q;;+2/p-2/b2*4-3+;. The van der Waals surface area contributed by atoms with E-state index in [1.54, 1.807) is 13.8 Å². The van der Waals surface area contributed by atoms with Crippen LogP contribution in [-0.4, -0.2) is 37.1 Å². The van der Waals surface area contributed by atoms with E-state index in [0.29, 0.717) is 12.2 Å². The van der Waals surface area contributed by atoms with Crippen molar-refractivity contribution < 1.29 is 55.9 Å². The van der Waals surface area contributed by atoms with E-state index in [0.717, 1.165) is 12.2 Å². The Labute approximate surface area is 131 Å². The van der Waals surface area contributed by atoms with Crippen LogP contribution in [0.4, 0.5) is 0 Å². The van der Waals surface area contributed by atoms with Crippen molar-refractivity contribution in [3.05, 3.63) is 24.3 Å². The number of aliphatic carboxylic acids is 2. The number of esters is 2. The van der Waals surface area contributed by atoms with Gasteiger partial charge < -0.3 is 29.3 Å². The van der Waals surface area contributed by atoms with Gasteiger partial charge in [-0.15, -0.1) is 0 Å². The molecule has 0 amide bonds. The third kappa shape index (κ3) is 23.4. The van der Waals surface area contributed by atoms with Crippen molar-refractivity contribution >= 4 is 23.9 Å². The van der Waals surface area contributed by atoms with Crippen molar-refractivity contribution in [3.8, 4) is 0 Å². The molecule has 0 unspecified atom stereocenters. The zero-order chi connectivity index (χ0) is 16.0. The van der Waals surface area contributed by atoms with E-state index in [1.165, 1.54) is 0 Å². The molecule has 0 fully saturated rings. The summed E-state index contributed by atoms with van der Waals surface area (Å²) in [5.74, 6) is -4.17. The predicted molar refractivity (Wildman–Crippen MR) is 61.6 cm³/mol. The Morgan fingerprint density at radius 2 is 1.05 bits per heavy atom. The minimum atomic E-state index is -1.41. The molecule has 0 bridgehead atoms. The number of rotatable bonds is 6. The molecule has 0 radical (unpaired) electrons. The largest absolute Gasteiger partial charge is 2.00 e. The summed E-state index contributed by atoms with van der Waals surface area (Å²) in [5, 5.41) is 19.4. The fourth-order valence-corrected chi connectivity index (χ4v) is 0.653.